The molecular formula is C14H22N2O. The molecule has 0 amide bonds. The maximum atomic E-state index is 5.90. The zero-order valence-electron chi connectivity index (χ0n) is 10.5. The van der Waals surface area contributed by atoms with E-state index < -0.39 is 0 Å². The number of nitrogens with two attached hydrogens (primary N) is 1. The summed E-state index contributed by atoms with van der Waals surface area (Å²) < 4.78 is 5.37. The first-order chi connectivity index (χ1) is 8.31. The molecule has 3 N–H and O–H groups in total. The Labute approximate surface area is 103 Å². The molecule has 0 radical (unpaired) electrons. The predicted molar refractivity (Wildman–Crippen MR) is 70.0 cm³/mol. The van der Waals surface area contributed by atoms with Crippen LogP contribution in [0.15, 0.2) is 24.3 Å². The molecule has 3 heteroatoms. The number of hydrogen-bond acceptors (Lipinski definition) is 3. The molecule has 1 aliphatic heterocycles. The van der Waals surface area contributed by atoms with Crippen molar-refractivity contribution in [2.24, 2.45) is 5.73 Å². The summed E-state index contributed by atoms with van der Waals surface area (Å²) in [5, 5.41) is 3.66. The highest BCUT2D eigenvalue weighted by Gasteiger charge is 2.19. The molecule has 3 nitrogen and oxygen atoms in total. The number of ether oxygens (including phenoxy) is 1. The Balaban J connectivity index is 2.03. The maximum Gasteiger partial charge on any atom is 0.0480 e. The van der Waals surface area contributed by atoms with Gasteiger partial charge in [-0.2, -0.15) is 0 Å². The van der Waals surface area contributed by atoms with E-state index in [0.717, 1.165) is 26.1 Å². The molecule has 0 aromatic heterocycles. The van der Waals surface area contributed by atoms with Gasteiger partial charge in [0.2, 0.25) is 0 Å². The van der Waals surface area contributed by atoms with Crippen LogP contribution in [0.5, 0.6) is 0 Å². The molecule has 1 fully saturated rings. The molecule has 1 heterocycles. The summed E-state index contributed by atoms with van der Waals surface area (Å²) in [4.78, 5) is 0. The van der Waals surface area contributed by atoms with Crippen LogP contribution in [0.4, 0.5) is 0 Å². The molecule has 0 saturated carbocycles. The molecular weight excluding hydrogens is 212 g/mol. The van der Waals surface area contributed by atoms with Crippen molar-refractivity contribution < 1.29 is 4.74 Å². The maximum absolute atomic E-state index is 5.90. The lowest BCUT2D eigenvalue weighted by atomic mass is 9.99. The normalized spacial score (nSPS) is 19.2. The summed E-state index contributed by atoms with van der Waals surface area (Å²) in [5.41, 5.74) is 8.53. The second kappa shape index (κ2) is 6.15. The molecule has 1 unspecified atom stereocenters. The molecule has 2 rings (SSSR count). The summed E-state index contributed by atoms with van der Waals surface area (Å²) in [6.45, 7) is 4.51. The largest absolute Gasteiger partial charge is 0.381 e. The summed E-state index contributed by atoms with van der Waals surface area (Å²) in [7, 11) is 0. The average Bonchev–Trinajstić information content (AvgIpc) is 2.38. The number of nitrogens with one attached hydrogen (secondary N) is 1. The van der Waals surface area contributed by atoms with E-state index in [9.17, 15) is 0 Å². The first-order valence-electron chi connectivity index (χ1n) is 6.40. The zero-order valence-corrected chi connectivity index (χ0v) is 10.5. The third-order valence-corrected chi connectivity index (χ3v) is 3.46. The van der Waals surface area contributed by atoms with Crippen molar-refractivity contribution in [1.82, 2.24) is 5.32 Å². The number of aryl methyl sites for hydroxylation is 1. The first kappa shape index (κ1) is 12.6. The molecule has 0 aliphatic carbocycles. The van der Waals surface area contributed by atoms with Crippen LogP contribution in [0, 0.1) is 6.92 Å². The standard InChI is InChI=1S/C14H22N2O/c1-11-4-2-3-5-13(11)14(10-15)16-12-6-8-17-9-7-12/h2-5,12,14,16H,6-10,15H2,1H3. The van der Waals surface area contributed by atoms with Crippen LogP contribution in [0.2, 0.25) is 0 Å². The number of hydrogen-bond donors (Lipinski definition) is 2. The van der Waals surface area contributed by atoms with Crippen molar-refractivity contribution in [2.45, 2.75) is 31.8 Å². The van der Waals surface area contributed by atoms with Crippen molar-refractivity contribution in [2.75, 3.05) is 19.8 Å². The van der Waals surface area contributed by atoms with Crippen LogP contribution >= 0.6 is 0 Å². The molecule has 0 bridgehead atoms. The topological polar surface area (TPSA) is 47.3 Å². The fourth-order valence-corrected chi connectivity index (χ4v) is 2.41. The summed E-state index contributed by atoms with van der Waals surface area (Å²) >= 11 is 0. The van der Waals surface area contributed by atoms with Gasteiger partial charge in [0.25, 0.3) is 0 Å². The van der Waals surface area contributed by atoms with Gasteiger partial charge in [-0.05, 0) is 30.9 Å². The van der Waals surface area contributed by atoms with Gasteiger partial charge in [0.1, 0.15) is 0 Å². The predicted octanol–water partition coefficient (Wildman–Crippen LogP) is 1.76. The summed E-state index contributed by atoms with van der Waals surface area (Å²) in [6.07, 6.45) is 2.17. The molecule has 1 aliphatic rings. The Morgan fingerprint density at radius 1 is 1.35 bits per heavy atom. The van der Waals surface area contributed by atoms with E-state index >= 15 is 0 Å². The van der Waals surface area contributed by atoms with Gasteiger partial charge in [0.15, 0.2) is 0 Å². The molecule has 0 spiro atoms. The third-order valence-electron chi connectivity index (χ3n) is 3.46. The van der Waals surface area contributed by atoms with Crippen molar-refractivity contribution >= 4 is 0 Å². The lowest BCUT2D eigenvalue weighted by molar-refractivity contribution is 0.0751. The molecule has 94 valence electrons. The van der Waals surface area contributed by atoms with Crippen LogP contribution in [0.1, 0.15) is 30.0 Å². The highest BCUT2D eigenvalue weighted by Crippen LogP contribution is 2.19. The second-order valence-corrected chi connectivity index (χ2v) is 4.70. The summed E-state index contributed by atoms with van der Waals surface area (Å²) in [6, 6.07) is 9.26. The average molecular weight is 234 g/mol. The Bertz CT molecular complexity index is 348. The lowest BCUT2D eigenvalue weighted by Gasteiger charge is -2.29. The minimum Gasteiger partial charge on any atom is -0.381 e. The monoisotopic (exact) mass is 234 g/mol. The molecule has 17 heavy (non-hydrogen) atoms. The minimum absolute atomic E-state index is 0.263. The van der Waals surface area contributed by atoms with E-state index in [1.54, 1.807) is 0 Å². The van der Waals surface area contributed by atoms with Gasteiger partial charge < -0.3 is 15.8 Å². The van der Waals surface area contributed by atoms with Crippen LogP contribution < -0.4 is 11.1 Å². The molecule has 1 aromatic carbocycles. The first-order valence-corrected chi connectivity index (χ1v) is 6.40. The molecule has 1 atom stereocenters. The lowest BCUT2D eigenvalue weighted by Crippen LogP contribution is -2.40. The number of benzene rings is 1. The van der Waals surface area contributed by atoms with E-state index in [4.69, 9.17) is 10.5 Å². The van der Waals surface area contributed by atoms with Gasteiger partial charge in [-0.25, -0.2) is 0 Å². The Kier molecular flexibility index (Phi) is 4.54. The second-order valence-electron chi connectivity index (χ2n) is 4.70. The Hall–Kier alpha value is -0.900. The van der Waals surface area contributed by atoms with E-state index in [0.29, 0.717) is 12.6 Å². The third kappa shape index (κ3) is 3.28. The molecule has 1 aromatic rings. The van der Waals surface area contributed by atoms with Gasteiger partial charge in [-0.1, -0.05) is 24.3 Å². The van der Waals surface area contributed by atoms with Crippen molar-refractivity contribution in [3.8, 4) is 0 Å². The SMILES string of the molecule is Cc1ccccc1C(CN)NC1CCOCC1. The summed E-state index contributed by atoms with van der Waals surface area (Å²) in [5.74, 6) is 0. The quantitative estimate of drug-likeness (QED) is 0.834. The Morgan fingerprint density at radius 2 is 2.06 bits per heavy atom. The van der Waals surface area contributed by atoms with Crippen molar-refractivity contribution in [3.05, 3.63) is 35.4 Å². The van der Waals surface area contributed by atoms with Gasteiger partial charge in [-0.3, -0.25) is 0 Å². The minimum atomic E-state index is 0.263. The molecule has 1 saturated heterocycles. The Morgan fingerprint density at radius 3 is 2.71 bits per heavy atom. The highest BCUT2D eigenvalue weighted by atomic mass is 16.5. The van der Waals surface area contributed by atoms with Crippen molar-refractivity contribution in [1.29, 1.82) is 0 Å². The van der Waals surface area contributed by atoms with E-state index in [1.807, 2.05) is 0 Å². The fourth-order valence-electron chi connectivity index (χ4n) is 2.41. The van der Waals surface area contributed by atoms with Gasteiger partial charge in [-0.15, -0.1) is 0 Å². The number of rotatable bonds is 4. The van der Waals surface area contributed by atoms with E-state index in [1.165, 1.54) is 11.1 Å². The van der Waals surface area contributed by atoms with Gasteiger partial charge in [0.05, 0.1) is 0 Å². The van der Waals surface area contributed by atoms with E-state index in [2.05, 4.69) is 36.5 Å². The van der Waals surface area contributed by atoms with E-state index in [-0.39, 0.29) is 6.04 Å². The van der Waals surface area contributed by atoms with Gasteiger partial charge in [0, 0.05) is 31.8 Å². The van der Waals surface area contributed by atoms with Gasteiger partial charge >= 0.3 is 0 Å². The van der Waals surface area contributed by atoms with Crippen molar-refractivity contribution in [3.63, 3.8) is 0 Å². The fraction of sp³-hybridized carbons (Fsp3) is 0.571. The zero-order chi connectivity index (χ0) is 12.1. The van der Waals surface area contributed by atoms with Crippen LogP contribution in [-0.4, -0.2) is 25.8 Å². The smallest absolute Gasteiger partial charge is 0.0480 e. The highest BCUT2D eigenvalue weighted by molar-refractivity contribution is 5.29. The van der Waals surface area contributed by atoms with Crippen LogP contribution in [-0.2, 0) is 4.74 Å². The van der Waals surface area contributed by atoms with Crippen LogP contribution in [0.3, 0.4) is 0 Å². The van der Waals surface area contributed by atoms with Crippen LogP contribution in [0.25, 0.3) is 0 Å².